The summed E-state index contributed by atoms with van der Waals surface area (Å²) in [5.41, 5.74) is 0.442. The van der Waals surface area contributed by atoms with Gasteiger partial charge in [0.15, 0.2) is 17.2 Å². The summed E-state index contributed by atoms with van der Waals surface area (Å²) in [6.45, 7) is 5.11. The summed E-state index contributed by atoms with van der Waals surface area (Å²) in [4.78, 5) is 0. The molecular weight excluding hydrogens is 144 g/mol. The predicted octanol–water partition coefficient (Wildman–Crippen LogP) is 1.25. The number of rotatable bonds is 1. The Morgan fingerprint density at radius 1 is 1.09 bits per heavy atom. The zero-order valence-corrected chi connectivity index (χ0v) is 5.65. The lowest BCUT2D eigenvalue weighted by Crippen LogP contribution is -1.74. The van der Waals surface area contributed by atoms with Crippen molar-refractivity contribution in [2.45, 2.75) is 0 Å². The Balaban J connectivity index is 3.31. The molecule has 11 heavy (non-hydrogen) atoms. The van der Waals surface area contributed by atoms with Gasteiger partial charge in [-0.2, -0.15) is 0 Å². The van der Waals surface area contributed by atoms with E-state index in [0.717, 1.165) is 0 Å². The van der Waals surface area contributed by atoms with Crippen LogP contribution in [0.4, 0.5) is 0 Å². The minimum absolute atomic E-state index is 0.387. The van der Waals surface area contributed by atoms with E-state index in [-0.39, 0.29) is 11.5 Å². The fraction of sp³-hybridized carbons (Fsp3) is 0. The van der Waals surface area contributed by atoms with Crippen LogP contribution >= 0.6 is 0 Å². The fourth-order valence-corrected chi connectivity index (χ4v) is 0.722. The highest BCUT2D eigenvalue weighted by Gasteiger charge is 2.05. The number of hydrogen-bond acceptors (Lipinski definition) is 3. The maximum Gasteiger partial charge on any atom is 0.200 e. The maximum absolute atomic E-state index is 8.93. The molecule has 0 aliphatic heterocycles. The van der Waals surface area contributed by atoms with E-state index in [1.807, 2.05) is 0 Å². The lowest BCUT2D eigenvalue weighted by molar-refractivity contribution is 0.368. The molecule has 0 fully saturated rings. The van der Waals surface area contributed by atoms with Crippen LogP contribution in [0.2, 0.25) is 0 Å². The molecule has 0 atom stereocenters. The lowest BCUT2D eigenvalue weighted by Gasteiger charge is -2.01. The Kier molecular flexibility index (Phi) is 1.72. The first-order chi connectivity index (χ1) is 5.15. The van der Waals surface area contributed by atoms with Crippen LogP contribution in [0.15, 0.2) is 12.1 Å². The molecule has 0 saturated heterocycles. The van der Waals surface area contributed by atoms with Crippen molar-refractivity contribution in [2.24, 2.45) is 0 Å². The van der Waals surface area contributed by atoms with Crippen molar-refractivity contribution >= 4 is 6.08 Å². The van der Waals surface area contributed by atoms with Crippen LogP contribution in [-0.4, -0.2) is 15.3 Å². The van der Waals surface area contributed by atoms with Gasteiger partial charge in [0.05, 0.1) is 0 Å². The molecule has 0 aliphatic carbocycles. The first-order valence-corrected chi connectivity index (χ1v) is 2.95. The lowest BCUT2D eigenvalue weighted by atomic mass is 10.2. The third kappa shape index (κ3) is 1.26. The van der Waals surface area contributed by atoms with Gasteiger partial charge in [0.1, 0.15) is 0 Å². The van der Waals surface area contributed by atoms with Crippen molar-refractivity contribution < 1.29 is 15.3 Å². The number of phenols is 3. The van der Waals surface area contributed by atoms with Gasteiger partial charge in [0.25, 0.3) is 0 Å². The second-order valence-electron chi connectivity index (χ2n) is 2.07. The highest BCUT2D eigenvalue weighted by Crippen LogP contribution is 2.35. The summed E-state index contributed by atoms with van der Waals surface area (Å²) in [5, 5.41) is 26.7. The summed E-state index contributed by atoms with van der Waals surface area (Å²) >= 11 is 0. The zero-order valence-electron chi connectivity index (χ0n) is 5.65. The molecule has 0 aromatic heterocycles. The van der Waals surface area contributed by atoms with Crippen molar-refractivity contribution in [1.29, 1.82) is 0 Å². The molecule has 3 nitrogen and oxygen atoms in total. The fourth-order valence-electron chi connectivity index (χ4n) is 0.722. The largest absolute Gasteiger partial charge is 0.504 e. The van der Waals surface area contributed by atoms with Gasteiger partial charge in [-0.15, -0.1) is 0 Å². The molecule has 0 aliphatic rings. The van der Waals surface area contributed by atoms with E-state index in [1.54, 1.807) is 0 Å². The quantitative estimate of drug-likeness (QED) is 0.529. The molecule has 1 rings (SSSR count). The van der Waals surface area contributed by atoms with Gasteiger partial charge in [0, 0.05) is 0 Å². The SMILES string of the molecule is [CH]=Cc1cc(O)c(O)c(O)c1. The van der Waals surface area contributed by atoms with E-state index in [2.05, 4.69) is 0 Å². The third-order valence-electron chi connectivity index (χ3n) is 1.28. The smallest absolute Gasteiger partial charge is 0.200 e. The Bertz CT molecular complexity index is 268. The van der Waals surface area contributed by atoms with Crippen LogP contribution in [0.25, 0.3) is 6.08 Å². The third-order valence-corrected chi connectivity index (χ3v) is 1.28. The number of hydrogen-bond donors (Lipinski definition) is 3. The predicted molar refractivity (Wildman–Crippen MR) is 40.2 cm³/mol. The summed E-state index contributed by atoms with van der Waals surface area (Å²) in [6, 6.07) is 2.49. The van der Waals surface area contributed by atoms with Gasteiger partial charge in [-0.1, -0.05) is 12.7 Å². The number of phenolic OH excluding ortho intramolecular Hbond substituents is 3. The minimum atomic E-state index is -0.532. The van der Waals surface area contributed by atoms with Gasteiger partial charge in [0.2, 0.25) is 0 Å². The molecule has 3 N–H and O–H groups in total. The molecule has 1 radical (unpaired) electrons. The van der Waals surface area contributed by atoms with E-state index in [4.69, 9.17) is 21.9 Å². The van der Waals surface area contributed by atoms with Crippen LogP contribution in [-0.2, 0) is 0 Å². The average Bonchev–Trinajstić information content (AvgIpc) is 1.99. The van der Waals surface area contributed by atoms with Crippen molar-refractivity contribution in [3.8, 4) is 17.2 Å². The molecule has 57 valence electrons. The molecule has 0 heterocycles. The Morgan fingerprint density at radius 2 is 1.55 bits per heavy atom. The van der Waals surface area contributed by atoms with E-state index in [9.17, 15) is 0 Å². The molecular formula is C8H7O3. The molecule has 0 unspecified atom stereocenters. The van der Waals surface area contributed by atoms with Crippen LogP contribution in [0.5, 0.6) is 17.2 Å². The zero-order chi connectivity index (χ0) is 8.43. The summed E-state index contributed by atoms with van der Waals surface area (Å²) in [6.07, 6.45) is 1.21. The van der Waals surface area contributed by atoms with Crippen molar-refractivity contribution in [3.05, 3.63) is 24.3 Å². The van der Waals surface area contributed by atoms with Gasteiger partial charge in [-0.05, 0) is 17.7 Å². The van der Waals surface area contributed by atoms with Gasteiger partial charge in [-0.25, -0.2) is 0 Å². The molecule has 0 amide bonds. The molecule has 0 bridgehead atoms. The molecule has 0 saturated carbocycles. The van der Waals surface area contributed by atoms with Gasteiger partial charge >= 0.3 is 0 Å². The van der Waals surface area contributed by atoms with E-state index < -0.39 is 5.75 Å². The first kappa shape index (κ1) is 7.47. The normalized spacial score (nSPS) is 9.45. The van der Waals surface area contributed by atoms with E-state index >= 15 is 0 Å². The number of aromatic hydroxyl groups is 3. The van der Waals surface area contributed by atoms with Crippen molar-refractivity contribution in [3.63, 3.8) is 0 Å². The van der Waals surface area contributed by atoms with E-state index in [0.29, 0.717) is 5.56 Å². The molecule has 1 aromatic rings. The standard InChI is InChI=1S/C8H7O3/c1-2-5-3-6(9)8(11)7(10)4-5/h1-4,9-11H. The van der Waals surface area contributed by atoms with Crippen LogP contribution in [0.3, 0.4) is 0 Å². The maximum atomic E-state index is 8.93. The Morgan fingerprint density at radius 3 is 1.91 bits per heavy atom. The van der Waals surface area contributed by atoms with Crippen molar-refractivity contribution in [1.82, 2.24) is 0 Å². The van der Waals surface area contributed by atoms with Gasteiger partial charge < -0.3 is 15.3 Å². The highest BCUT2D eigenvalue weighted by atomic mass is 16.3. The summed E-state index contributed by atoms with van der Waals surface area (Å²) in [7, 11) is 0. The van der Waals surface area contributed by atoms with Gasteiger partial charge in [-0.3, -0.25) is 0 Å². The molecule has 3 heteroatoms. The highest BCUT2D eigenvalue weighted by molar-refractivity contribution is 5.58. The number of benzene rings is 1. The topological polar surface area (TPSA) is 60.7 Å². The molecule has 1 aromatic carbocycles. The average molecular weight is 151 g/mol. The Hall–Kier alpha value is -1.64. The summed E-state index contributed by atoms with van der Waals surface area (Å²) in [5.74, 6) is -1.31. The van der Waals surface area contributed by atoms with Crippen LogP contribution in [0.1, 0.15) is 5.56 Å². The van der Waals surface area contributed by atoms with Crippen LogP contribution in [0, 0.1) is 6.58 Å². The first-order valence-electron chi connectivity index (χ1n) is 2.95. The second-order valence-corrected chi connectivity index (χ2v) is 2.07. The molecule has 0 spiro atoms. The summed E-state index contributed by atoms with van der Waals surface area (Å²) < 4.78 is 0. The van der Waals surface area contributed by atoms with Crippen molar-refractivity contribution in [2.75, 3.05) is 0 Å². The Labute approximate surface area is 63.9 Å². The monoisotopic (exact) mass is 151 g/mol. The van der Waals surface area contributed by atoms with E-state index in [1.165, 1.54) is 18.2 Å². The minimum Gasteiger partial charge on any atom is -0.504 e. The van der Waals surface area contributed by atoms with Crippen LogP contribution < -0.4 is 0 Å². The second kappa shape index (κ2) is 2.54.